The number of benzene rings is 2. The van der Waals surface area contributed by atoms with Gasteiger partial charge in [0.2, 0.25) is 5.91 Å². The molecule has 2 aromatic carbocycles. The first-order valence-electron chi connectivity index (χ1n) is 13.9. The minimum absolute atomic E-state index is 0.0372. The third-order valence-corrected chi connectivity index (χ3v) is 8.31. The van der Waals surface area contributed by atoms with Crippen LogP contribution in [0.1, 0.15) is 87.7 Å². The first kappa shape index (κ1) is 27.5. The zero-order chi connectivity index (χ0) is 27.5. The number of ether oxygens (including phenoxy) is 2. The van der Waals surface area contributed by atoms with Crippen molar-refractivity contribution < 1.29 is 27.4 Å². The van der Waals surface area contributed by atoms with Gasteiger partial charge in [-0.1, -0.05) is 38.5 Å². The number of carbonyl (C=O) groups excluding carboxylic acids is 1. The molecule has 2 fully saturated rings. The van der Waals surface area contributed by atoms with E-state index in [0.717, 1.165) is 76.3 Å². The van der Waals surface area contributed by atoms with E-state index < -0.39 is 29.6 Å². The molecule has 2 atom stereocenters. The third-order valence-electron chi connectivity index (χ3n) is 8.31. The van der Waals surface area contributed by atoms with E-state index in [-0.39, 0.29) is 40.3 Å². The molecule has 0 saturated heterocycles. The average molecular weight is 544 g/mol. The van der Waals surface area contributed by atoms with Gasteiger partial charge >= 0.3 is 0 Å². The van der Waals surface area contributed by atoms with Crippen LogP contribution >= 0.6 is 0 Å². The summed E-state index contributed by atoms with van der Waals surface area (Å²) < 4.78 is 56.9. The van der Waals surface area contributed by atoms with Gasteiger partial charge in [0.05, 0.1) is 18.1 Å². The summed E-state index contributed by atoms with van der Waals surface area (Å²) in [6.45, 7) is 0. The number of aromatic nitrogens is 2. The van der Waals surface area contributed by atoms with Crippen molar-refractivity contribution in [3.63, 3.8) is 0 Å². The van der Waals surface area contributed by atoms with E-state index in [9.17, 15) is 13.6 Å². The van der Waals surface area contributed by atoms with E-state index in [4.69, 9.17) is 9.47 Å². The van der Waals surface area contributed by atoms with E-state index in [2.05, 4.69) is 10.3 Å². The molecular weight excluding hydrogens is 507 g/mol. The average Bonchev–Trinajstić information content (AvgIpc) is 3.28. The highest BCUT2D eigenvalue weighted by Crippen LogP contribution is 2.40. The quantitative estimate of drug-likeness (QED) is 0.341. The summed E-state index contributed by atoms with van der Waals surface area (Å²) in [5, 5.41) is 3.26. The van der Waals surface area contributed by atoms with Crippen molar-refractivity contribution in [3.05, 3.63) is 59.2 Å². The molecule has 1 aromatic heterocycles. The molecule has 1 heterocycles. The number of halogens is 3. The van der Waals surface area contributed by atoms with Gasteiger partial charge in [0.15, 0.2) is 11.6 Å². The van der Waals surface area contributed by atoms with Crippen LogP contribution in [0.5, 0.6) is 5.75 Å². The summed E-state index contributed by atoms with van der Waals surface area (Å²) in [5.41, 5.74) is 0.659. The third kappa shape index (κ3) is 5.64. The zero-order valence-corrected chi connectivity index (χ0v) is 22.5. The van der Waals surface area contributed by atoms with Gasteiger partial charge in [-0.25, -0.2) is 18.2 Å². The molecule has 2 saturated carbocycles. The van der Waals surface area contributed by atoms with E-state index in [0.29, 0.717) is 5.75 Å². The fraction of sp³-hybridized carbons (Fsp3) is 0.533. The van der Waals surface area contributed by atoms with Crippen molar-refractivity contribution in [1.82, 2.24) is 14.9 Å². The second-order valence-electron chi connectivity index (χ2n) is 10.8. The molecule has 1 N–H and O–H groups in total. The fourth-order valence-corrected chi connectivity index (χ4v) is 6.33. The predicted octanol–water partition coefficient (Wildman–Crippen LogP) is 6.77. The lowest BCUT2D eigenvalue weighted by Crippen LogP contribution is -2.44. The van der Waals surface area contributed by atoms with E-state index >= 15 is 4.39 Å². The normalized spacial score (nSPS) is 18.7. The minimum atomic E-state index is -1.04. The summed E-state index contributed by atoms with van der Waals surface area (Å²) in [4.78, 5) is 18.7. The van der Waals surface area contributed by atoms with E-state index in [1.165, 1.54) is 20.3 Å². The van der Waals surface area contributed by atoms with Gasteiger partial charge in [0, 0.05) is 36.9 Å². The van der Waals surface area contributed by atoms with Crippen LogP contribution in [-0.2, 0) is 9.53 Å². The predicted molar refractivity (Wildman–Crippen MR) is 142 cm³/mol. The summed E-state index contributed by atoms with van der Waals surface area (Å²) in [6.07, 6.45) is 8.76. The molecule has 210 valence electrons. The summed E-state index contributed by atoms with van der Waals surface area (Å²) >= 11 is 0. The fourth-order valence-electron chi connectivity index (χ4n) is 6.33. The van der Waals surface area contributed by atoms with Gasteiger partial charge in [0.25, 0.3) is 0 Å². The molecule has 1 amide bonds. The second kappa shape index (κ2) is 12.0. The largest absolute Gasteiger partial charge is 0.497 e. The number of methoxy groups -OCH3 is 2. The molecule has 0 aliphatic heterocycles. The maximum Gasteiger partial charge on any atom is 0.243 e. The molecule has 6 nitrogen and oxygen atoms in total. The van der Waals surface area contributed by atoms with Crippen molar-refractivity contribution in [1.29, 1.82) is 0 Å². The van der Waals surface area contributed by atoms with E-state index in [1.807, 2.05) is 0 Å². The Balaban J connectivity index is 1.68. The molecule has 3 aromatic rings. The molecular formula is C30H36F3N3O3. The number of hydrogen-bond donors (Lipinski definition) is 1. The Bertz CT molecular complexity index is 1320. The van der Waals surface area contributed by atoms with E-state index in [1.54, 1.807) is 16.7 Å². The van der Waals surface area contributed by atoms with Crippen LogP contribution in [0.3, 0.4) is 0 Å². The molecule has 0 spiro atoms. The van der Waals surface area contributed by atoms with Gasteiger partial charge in [-0.05, 0) is 43.7 Å². The van der Waals surface area contributed by atoms with Crippen LogP contribution in [0.15, 0.2) is 30.3 Å². The molecule has 2 aliphatic carbocycles. The molecule has 2 aliphatic rings. The summed E-state index contributed by atoms with van der Waals surface area (Å²) in [5.74, 6) is -2.27. The Labute approximate surface area is 226 Å². The lowest BCUT2D eigenvalue weighted by Gasteiger charge is -2.34. The summed E-state index contributed by atoms with van der Waals surface area (Å²) in [7, 11) is 2.88. The lowest BCUT2D eigenvalue weighted by atomic mass is 9.82. The number of hydrogen-bond acceptors (Lipinski definition) is 4. The van der Waals surface area contributed by atoms with Crippen molar-refractivity contribution in [3.8, 4) is 5.75 Å². The topological polar surface area (TPSA) is 65.4 Å². The number of nitrogens with one attached hydrogen (secondary N) is 1. The Morgan fingerprint density at radius 2 is 1.59 bits per heavy atom. The summed E-state index contributed by atoms with van der Waals surface area (Å²) in [6, 6.07) is 5.87. The number of carbonyl (C=O) groups is 1. The highest BCUT2D eigenvalue weighted by Gasteiger charge is 2.37. The van der Waals surface area contributed by atoms with Crippen molar-refractivity contribution in [2.24, 2.45) is 5.92 Å². The van der Waals surface area contributed by atoms with Crippen LogP contribution in [0.25, 0.3) is 11.0 Å². The standard InChI is InChI=1S/C30H36F3N3O3/c1-38-20-13-14-21(22(31)15-20)28(39-2)29-35-25-16-23(32)24(33)17-26(25)36(29)27(18-9-5-3-6-10-18)30(37)34-19-11-7-4-8-12-19/h13-19,27-28H,3-12H2,1-2H3,(H,34,37). The smallest absolute Gasteiger partial charge is 0.243 e. The van der Waals surface area contributed by atoms with Gasteiger partial charge in [-0.3, -0.25) is 4.79 Å². The van der Waals surface area contributed by atoms with Crippen molar-refractivity contribution in [2.45, 2.75) is 82.4 Å². The molecule has 39 heavy (non-hydrogen) atoms. The Morgan fingerprint density at radius 1 is 0.923 bits per heavy atom. The highest BCUT2D eigenvalue weighted by atomic mass is 19.2. The van der Waals surface area contributed by atoms with Gasteiger partial charge in [0.1, 0.15) is 29.5 Å². The number of nitrogens with zero attached hydrogens (tertiary/aromatic N) is 2. The SMILES string of the molecule is COc1ccc(C(OC)c2nc3cc(F)c(F)cc3n2C(C(=O)NC2CCCCC2)C2CCCCC2)c(F)c1. The molecule has 9 heteroatoms. The number of fused-ring (bicyclic) bond motifs is 1. The second-order valence-corrected chi connectivity index (χ2v) is 10.8. The maximum absolute atomic E-state index is 15.3. The monoisotopic (exact) mass is 543 g/mol. The van der Waals surface area contributed by atoms with Crippen LogP contribution in [0.4, 0.5) is 13.2 Å². The van der Waals surface area contributed by atoms with Crippen LogP contribution in [0.2, 0.25) is 0 Å². The lowest BCUT2D eigenvalue weighted by molar-refractivity contribution is -0.127. The molecule has 0 bridgehead atoms. The Morgan fingerprint density at radius 3 is 2.23 bits per heavy atom. The molecule has 2 unspecified atom stereocenters. The first-order valence-corrected chi connectivity index (χ1v) is 13.9. The van der Waals surface area contributed by atoms with Crippen molar-refractivity contribution in [2.75, 3.05) is 14.2 Å². The molecule has 5 rings (SSSR count). The number of imidazole rings is 1. The Hall–Kier alpha value is -3.07. The highest BCUT2D eigenvalue weighted by molar-refractivity contribution is 5.85. The first-order chi connectivity index (χ1) is 18.9. The van der Waals surface area contributed by atoms with Gasteiger partial charge < -0.3 is 19.4 Å². The van der Waals surface area contributed by atoms with Crippen LogP contribution < -0.4 is 10.1 Å². The maximum atomic E-state index is 15.3. The number of amides is 1. The molecule has 0 radical (unpaired) electrons. The van der Waals surface area contributed by atoms with Gasteiger partial charge in [-0.15, -0.1) is 0 Å². The zero-order valence-electron chi connectivity index (χ0n) is 22.5. The van der Waals surface area contributed by atoms with Crippen molar-refractivity contribution >= 4 is 16.9 Å². The van der Waals surface area contributed by atoms with Crippen LogP contribution in [0, 0.1) is 23.4 Å². The minimum Gasteiger partial charge on any atom is -0.497 e. The van der Waals surface area contributed by atoms with Crippen LogP contribution in [-0.4, -0.2) is 35.7 Å². The Kier molecular flexibility index (Phi) is 8.45. The van der Waals surface area contributed by atoms with Gasteiger partial charge in [-0.2, -0.15) is 0 Å². The number of rotatable bonds is 8.